The summed E-state index contributed by atoms with van der Waals surface area (Å²) in [5.41, 5.74) is 1.30. The van der Waals surface area contributed by atoms with Crippen LogP contribution in [0, 0.1) is 0 Å². The Hall–Kier alpha value is -2.18. The van der Waals surface area contributed by atoms with Crippen molar-refractivity contribution in [2.24, 2.45) is 0 Å². The number of aromatic nitrogens is 2. The van der Waals surface area contributed by atoms with E-state index in [0.717, 1.165) is 37.6 Å². The summed E-state index contributed by atoms with van der Waals surface area (Å²) in [6, 6.07) is 14.6. The summed E-state index contributed by atoms with van der Waals surface area (Å²) < 4.78 is 5.39. The number of anilines is 1. The molecule has 1 aliphatic heterocycles. The number of benzene rings is 1. The summed E-state index contributed by atoms with van der Waals surface area (Å²) in [5.74, 6) is 1.39. The number of hydrogen-bond donors (Lipinski definition) is 0. The van der Waals surface area contributed by atoms with Crippen molar-refractivity contribution in [1.29, 1.82) is 0 Å². The van der Waals surface area contributed by atoms with Gasteiger partial charge in [-0.15, -0.1) is 11.3 Å². The van der Waals surface area contributed by atoms with Crippen LogP contribution in [0.25, 0.3) is 10.7 Å². The third kappa shape index (κ3) is 3.28. The number of rotatable bonds is 4. The highest BCUT2D eigenvalue weighted by atomic mass is 32.1. The summed E-state index contributed by atoms with van der Waals surface area (Å²) in [4.78, 5) is 10.3. The lowest BCUT2D eigenvalue weighted by molar-refractivity contribution is 0.215. The molecule has 0 radical (unpaired) electrons. The molecule has 1 aliphatic rings. The fourth-order valence-corrected chi connectivity index (χ4v) is 3.47. The fraction of sp³-hybridized carbons (Fsp3) is 0.294. The van der Waals surface area contributed by atoms with Gasteiger partial charge < -0.3 is 9.42 Å². The van der Waals surface area contributed by atoms with Gasteiger partial charge >= 0.3 is 0 Å². The maximum atomic E-state index is 5.39. The van der Waals surface area contributed by atoms with Gasteiger partial charge in [-0.05, 0) is 23.6 Å². The van der Waals surface area contributed by atoms with E-state index in [1.807, 2.05) is 17.5 Å². The van der Waals surface area contributed by atoms with Gasteiger partial charge in [0.25, 0.3) is 0 Å². The molecule has 1 fully saturated rings. The van der Waals surface area contributed by atoms with Crippen molar-refractivity contribution in [2.45, 2.75) is 6.54 Å². The van der Waals surface area contributed by atoms with E-state index in [2.05, 4.69) is 50.3 Å². The van der Waals surface area contributed by atoms with Crippen molar-refractivity contribution in [3.8, 4) is 10.7 Å². The molecule has 5 nitrogen and oxygen atoms in total. The Bertz CT molecular complexity index is 733. The Morgan fingerprint density at radius 3 is 2.57 bits per heavy atom. The normalized spacial score (nSPS) is 15.9. The van der Waals surface area contributed by atoms with Crippen LogP contribution < -0.4 is 4.90 Å². The molecule has 0 unspecified atom stereocenters. The number of para-hydroxylation sites is 1. The van der Waals surface area contributed by atoms with Crippen LogP contribution in [-0.4, -0.2) is 41.2 Å². The van der Waals surface area contributed by atoms with Crippen molar-refractivity contribution in [1.82, 2.24) is 15.0 Å². The third-order valence-electron chi connectivity index (χ3n) is 4.06. The summed E-state index contributed by atoms with van der Waals surface area (Å²) in [6.07, 6.45) is 0. The summed E-state index contributed by atoms with van der Waals surface area (Å²) >= 11 is 1.63. The molecule has 23 heavy (non-hydrogen) atoms. The number of nitrogens with zero attached hydrogens (tertiary/aromatic N) is 4. The standard InChI is InChI=1S/C17H18N4OS/c1-2-5-14(6-3-1)21-10-8-20(9-11-21)13-16-18-17(19-22-16)15-7-4-12-23-15/h1-7,12H,8-11,13H2. The Labute approximate surface area is 139 Å². The van der Waals surface area contributed by atoms with Crippen molar-refractivity contribution >= 4 is 17.0 Å². The molecule has 3 aromatic rings. The largest absolute Gasteiger partial charge is 0.369 e. The zero-order valence-corrected chi connectivity index (χ0v) is 13.6. The van der Waals surface area contributed by atoms with Gasteiger partial charge in [-0.25, -0.2) is 0 Å². The van der Waals surface area contributed by atoms with Crippen molar-refractivity contribution < 1.29 is 4.52 Å². The Balaban J connectivity index is 1.35. The van der Waals surface area contributed by atoms with Crippen LogP contribution in [0.2, 0.25) is 0 Å². The highest BCUT2D eigenvalue weighted by Gasteiger charge is 2.19. The SMILES string of the molecule is c1ccc(N2CCN(Cc3nc(-c4cccs4)no3)CC2)cc1. The van der Waals surface area contributed by atoms with E-state index in [4.69, 9.17) is 4.52 Å². The third-order valence-corrected chi connectivity index (χ3v) is 4.93. The minimum absolute atomic E-state index is 0.693. The van der Waals surface area contributed by atoms with Gasteiger partial charge in [-0.1, -0.05) is 29.4 Å². The fourth-order valence-electron chi connectivity index (χ4n) is 2.82. The molecule has 118 valence electrons. The molecule has 0 spiro atoms. The van der Waals surface area contributed by atoms with Crippen LogP contribution in [0.1, 0.15) is 5.89 Å². The molecule has 0 amide bonds. The van der Waals surface area contributed by atoms with Gasteiger partial charge in [0.2, 0.25) is 11.7 Å². The van der Waals surface area contributed by atoms with Crippen LogP contribution in [0.3, 0.4) is 0 Å². The first-order chi connectivity index (χ1) is 11.4. The van der Waals surface area contributed by atoms with Gasteiger partial charge in [0.15, 0.2) is 0 Å². The summed E-state index contributed by atoms with van der Waals surface area (Å²) in [7, 11) is 0. The molecule has 0 bridgehead atoms. The van der Waals surface area contributed by atoms with Gasteiger partial charge in [0.05, 0.1) is 11.4 Å². The lowest BCUT2D eigenvalue weighted by Crippen LogP contribution is -2.46. The van der Waals surface area contributed by atoms with Gasteiger partial charge in [0.1, 0.15) is 0 Å². The Morgan fingerprint density at radius 2 is 1.83 bits per heavy atom. The van der Waals surface area contributed by atoms with Gasteiger partial charge in [-0.2, -0.15) is 4.98 Å². The van der Waals surface area contributed by atoms with E-state index >= 15 is 0 Å². The topological polar surface area (TPSA) is 45.4 Å². The second-order valence-corrected chi connectivity index (χ2v) is 6.54. The monoisotopic (exact) mass is 326 g/mol. The van der Waals surface area contributed by atoms with Crippen molar-refractivity contribution in [3.05, 3.63) is 53.7 Å². The molecule has 4 rings (SSSR count). The zero-order chi connectivity index (χ0) is 15.5. The zero-order valence-electron chi connectivity index (χ0n) is 12.8. The second-order valence-electron chi connectivity index (χ2n) is 5.59. The van der Waals surface area contributed by atoms with Gasteiger partial charge in [0, 0.05) is 31.9 Å². The molecular formula is C17H18N4OS. The average Bonchev–Trinajstić information content (AvgIpc) is 3.28. The first kappa shape index (κ1) is 14.4. The van der Waals surface area contributed by atoms with Crippen LogP contribution in [0.4, 0.5) is 5.69 Å². The second kappa shape index (κ2) is 6.52. The van der Waals surface area contributed by atoms with Gasteiger partial charge in [-0.3, -0.25) is 4.90 Å². The minimum atomic E-state index is 0.693. The highest BCUT2D eigenvalue weighted by Crippen LogP contribution is 2.22. The maximum absolute atomic E-state index is 5.39. The molecule has 0 atom stereocenters. The van der Waals surface area contributed by atoms with Crippen molar-refractivity contribution in [2.75, 3.05) is 31.1 Å². The minimum Gasteiger partial charge on any atom is -0.369 e. The molecule has 1 aromatic carbocycles. The van der Waals surface area contributed by atoms with E-state index in [1.54, 1.807) is 11.3 Å². The Kier molecular flexibility index (Phi) is 4.08. The average molecular weight is 326 g/mol. The number of hydrogen-bond acceptors (Lipinski definition) is 6. The molecule has 2 aromatic heterocycles. The number of piperazine rings is 1. The lowest BCUT2D eigenvalue weighted by Gasteiger charge is -2.35. The van der Waals surface area contributed by atoms with Crippen LogP contribution in [0.5, 0.6) is 0 Å². The Morgan fingerprint density at radius 1 is 1.00 bits per heavy atom. The van der Waals surface area contributed by atoms with Crippen molar-refractivity contribution in [3.63, 3.8) is 0 Å². The number of thiophene rings is 1. The molecule has 6 heteroatoms. The summed E-state index contributed by atoms with van der Waals surface area (Å²) in [5, 5.41) is 6.10. The first-order valence-electron chi connectivity index (χ1n) is 7.77. The molecule has 0 N–H and O–H groups in total. The highest BCUT2D eigenvalue weighted by molar-refractivity contribution is 7.13. The van der Waals surface area contributed by atoms with Crippen LogP contribution >= 0.6 is 11.3 Å². The molecule has 1 saturated heterocycles. The predicted molar refractivity (Wildman–Crippen MR) is 91.5 cm³/mol. The van der Waals surface area contributed by atoms with E-state index in [0.29, 0.717) is 11.7 Å². The molecule has 0 aliphatic carbocycles. The lowest BCUT2D eigenvalue weighted by atomic mass is 10.2. The molecular weight excluding hydrogens is 308 g/mol. The quantitative estimate of drug-likeness (QED) is 0.737. The van der Waals surface area contributed by atoms with E-state index < -0.39 is 0 Å². The maximum Gasteiger partial charge on any atom is 0.241 e. The molecule has 0 saturated carbocycles. The van der Waals surface area contributed by atoms with E-state index in [-0.39, 0.29) is 0 Å². The van der Waals surface area contributed by atoms with E-state index in [1.165, 1.54) is 5.69 Å². The van der Waals surface area contributed by atoms with Crippen LogP contribution in [-0.2, 0) is 6.54 Å². The summed E-state index contributed by atoms with van der Waals surface area (Å²) in [6.45, 7) is 4.78. The predicted octanol–water partition coefficient (Wildman–Crippen LogP) is 3.12. The smallest absolute Gasteiger partial charge is 0.241 e. The molecule has 3 heterocycles. The first-order valence-corrected chi connectivity index (χ1v) is 8.65. The van der Waals surface area contributed by atoms with Crippen LogP contribution in [0.15, 0.2) is 52.4 Å². The van der Waals surface area contributed by atoms with E-state index in [9.17, 15) is 0 Å².